The van der Waals surface area contributed by atoms with Crippen LogP contribution in [0.3, 0.4) is 0 Å². The van der Waals surface area contributed by atoms with Gasteiger partial charge < -0.3 is 5.32 Å². The zero-order valence-electron chi connectivity index (χ0n) is 3.12. The first kappa shape index (κ1) is 5.67. The average molecular weight is 105 g/mol. The Labute approximate surface area is 47.0 Å². The van der Waals surface area contributed by atoms with Gasteiger partial charge in [0.25, 0.3) is 0 Å². The van der Waals surface area contributed by atoms with E-state index in [2.05, 4.69) is 5.32 Å². The summed E-state index contributed by atoms with van der Waals surface area (Å²) in [4.78, 5) is 0. The van der Waals surface area contributed by atoms with Crippen molar-refractivity contribution in [3.63, 3.8) is 0 Å². The summed E-state index contributed by atoms with van der Waals surface area (Å²) in [5, 5.41) is 3.11. The number of nitrogens with one attached hydrogen (secondary N) is 1. The summed E-state index contributed by atoms with van der Waals surface area (Å²) in [6.07, 6.45) is 1.39. The molecule has 0 bridgehead atoms. The number of rotatable bonds is 0. The van der Waals surface area contributed by atoms with Crippen LogP contribution < -0.4 is 5.32 Å². The van der Waals surface area contributed by atoms with Crippen LogP contribution in [0.5, 0.6) is 0 Å². The third-order valence-electron chi connectivity index (χ3n) is 0.707. The fraction of sp³-hybridized carbons (Fsp3) is 1.00. The third kappa shape index (κ3) is 1.53. The molecule has 1 heterocycles. The molecule has 0 saturated carbocycles. The minimum Gasteiger partial charge on any atom is -0.317 e. The minimum atomic E-state index is 0. The smallest absolute Gasteiger partial charge is 0 e. The van der Waals surface area contributed by atoms with Crippen molar-refractivity contribution in [3.05, 3.63) is 0 Å². The van der Waals surface area contributed by atoms with Gasteiger partial charge in [0.05, 0.1) is 0 Å². The molecule has 5 heavy (non-hydrogen) atoms. The van der Waals surface area contributed by atoms with E-state index in [-0.39, 0.29) is 21.7 Å². The quantitative estimate of drug-likeness (QED) is 0.427. The fourth-order valence-corrected chi connectivity index (χ4v) is 0.177. The van der Waals surface area contributed by atoms with Crippen molar-refractivity contribution >= 4 is 0 Å². The van der Waals surface area contributed by atoms with Gasteiger partial charge in [0, 0.05) is 21.7 Å². The molecule has 0 radical (unpaired) electrons. The maximum atomic E-state index is 3.11. The predicted octanol–water partition coefficient (Wildman–Crippen LogP) is -0.0228. The molecule has 0 amide bonds. The molecular weight excluding hydrogens is 97.9 g/mol. The van der Waals surface area contributed by atoms with Gasteiger partial charge in [-0.2, -0.15) is 0 Å². The Morgan fingerprint density at radius 3 is 1.40 bits per heavy atom. The maximum Gasteiger partial charge on any atom is 0 e. The molecule has 2 heteroatoms. The average Bonchev–Trinajstić information content (AvgIpc) is 0.722. The Hall–Kier alpha value is 0.674. The molecule has 0 spiro atoms. The normalized spacial score (nSPS) is 19.2. The fourth-order valence-electron chi connectivity index (χ4n) is 0.177. The van der Waals surface area contributed by atoms with Crippen LogP contribution in [0, 0.1) is 0 Å². The Morgan fingerprint density at radius 1 is 1.20 bits per heavy atom. The molecule has 0 atom stereocenters. The van der Waals surface area contributed by atoms with E-state index in [1.165, 1.54) is 19.5 Å². The summed E-state index contributed by atoms with van der Waals surface area (Å²) >= 11 is 0. The molecule has 0 aliphatic carbocycles. The second kappa shape index (κ2) is 2.89. The van der Waals surface area contributed by atoms with Crippen LogP contribution in [-0.2, 0) is 21.7 Å². The van der Waals surface area contributed by atoms with Gasteiger partial charge in [-0.3, -0.25) is 0 Å². The largest absolute Gasteiger partial charge is 0.317 e. The van der Waals surface area contributed by atoms with Gasteiger partial charge >= 0.3 is 0 Å². The van der Waals surface area contributed by atoms with E-state index in [0.717, 1.165) is 0 Å². The van der Waals surface area contributed by atoms with Crippen molar-refractivity contribution in [1.82, 2.24) is 5.32 Å². The van der Waals surface area contributed by atoms with Crippen LogP contribution in [0.25, 0.3) is 0 Å². The maximum absolute atomic E-state index is 3.11. The van der Waals surface area contributed by atoms with Crippen molar-refractivity contribution in [2.45, 2.75) is 6.42 Å². The Balaban J connectivity index is 0.000000160. The van der Waals surface area contributed by atoms with Crippen LogP contribution in [0.2, 0.25) is 0 Å². The van der Waals surface area contributed by atoms with Gasteiger partial charge in [0.2, 0.25) is 0 Å². The predicted molar refractivity (Wildman–Crippen MR) is 17.5 cm³/mol. The summed E-state index contributed by atoms with van der Waals surface area (Å²) < 4.78 is 0. The topological polar surface area (TPSA) is 12.0 Å². The zero-order valence-corrected chi connectivity index (χ0v) is 4.68. The SMILES string of the molecule is C1CNC1.[Ti]. The molecule has 1 nitrogen and oxygen atoms in total. The summed E-state index contributed by atoms with van der Waals surface area (Å²) in [5.74, 6) is 0. The van der Waals surface area contributed by atoms with Crippen molar-refractivity contribution in [2.24, 2.45) is 0 Å². The summed E-state index contributed by atoms with van der Waals surface area (Å²) in [6.45, 7) is 2.50. The Bertz CT molecular complexity index is 14.9. The van der Waals surface area contributed by atoms with Crippen molar-refractivity contribution < 1.29 is 21.7 Å². The van der Waals surface area contributed by atoms with E-state index >= 15 is 0 Å². The first-order chi connectivity index (χ1) is 2.00. The molecule has 0 aromatic rings. The van der Waals surface area contributed by atoms with Crippen molar-refractivity contribution in [2.75, 3.05) is 13.1 Å². The van der Waals surface area contributed by atoms with E-state index in [0.29, 0.717) is 0 Å². The molecule has 1 aliphatic rings. The van der Waals surface area contributed by atoms with Gasteiger partial charge in [0.1, 0.15) is 0 Å². The monoisotopic (exact) mass is 105 g/mol. The minimum absolute atomic E-state index is 0. The van der Waals surface area contributed by atoms with Gasteiger partial charge in [0.15, 0.2) is 0 Å². The second-order valence-corrected chi connectivity index (χ2v) is 1.10. The Kier molecular flexibility index (Phi) is 3.28. The third-order valence-corrected chi connectivity index (χ3v) is 0.707. The molecule has 1 rings (SSSR count). The first-order valence-corrected chi connectivity index (χ1v) is 1.71. The molecule has 1 N–H and O–H groups in total. The van der Waals surface area contributed by atoms with Gasteiger partial charge in [-0.15, -0.1) is 0 Å². The van der Waals surface area contributed by atoms with Crippen molar-refractivity contribution in [1.29, 1.82) is 0 Å². The summed E-state index contributed by atoms with van der Waals surface area (Å²) in [6, 6.07) is 0. The van der Waals surface area contributed by atoms with E-state index in [4.69, 9.17) is 0 Å². The van der Waals surface area contributed by atoms with Crippen molar-refractivity contribution in [3.8, 4) is 0 Å². The van der Waals surface area contributed by atoms with Gasteiger partial charge in [-0.1, -0.05) is 0 Å². The molecule has 1 fully saturated rings. The molecule has 28 valence electrons. The summed E-state index contributed by atoms with van der Waals surface area (Å²) in [7, 11) is 0. The van der Waals surface area contributed by atoms with Crippen LogP contribution in [0.1, 0.15) is 6.42 Å². The first-order valence-electron chi connectivity index (χ1n) is 1.71. The molecule has 1 saturated heterocycles. The van der Waals surface area contributed by atoms with E-state index < -0.39 is 0 Å². The van der Waals surface area contributed by atoms with Gasteiger partial charge in [-0.25, -0.2) is 0 Å². The van der Waals surface area contributed by atoms with Crippen LogP contribution in [-0.4, -0.2) is 13.1 Å². The van der Waals surface area contributed by atoms with Gasteiger partial charge in [-0.05, 0) is 19.5 Å². The van der Waals surface area contributed by atoms with Crippen LogP contribution >= 0.6 is 0 Å². The van der Waals surface area contributed by atoms with Crippen LogP contribution in [0.15, 0.2) is 0 Å². The standard InChI is InChI=1S/C3H7N.Ti/c1-2-4-3-1;/h4H,1-3H2;. The molecule has 0 aromatic carbocycles. The second-order valence-electron chi connectivity index (χ2n) is 1.10. The summed E-state index contributed by atoms with van der Waals surface area (Å²) in [5.41, 5.74) is 0. The molecular formula is C3H7NTi. The molecule has 0 aromatic heterocycles. The number of hydrogen-bond donors (Lipinski definition) is 1. The van der Waals surface area contributed by atoms with E-state index in [1.807, 2.05) is 0 Å². The number of hydrogen-bond acceptors (Lipinski definition) is 1. The van der Waals surface area contributed by atoms with Crippen LogP contribution in [0.4, 0.5) is 0 Å². The molecule has 0 unspecified atom stereocenters. The molecule has 1 aliphatic heterocycles. The van der Waals surface area contributed by atoms with E-state index in [1.54, 1.807) is 0 Å². The van der Waals surface area contributed by atoms with E-state index in [9.17, 15) is 0 Å². The Morgan fingerprint density at radius 2 is 1.40 bits per heavy atom. The zero-order chi connectivity index (χ0) is 2.83.